The highest BCUT2D eigenvalue weighted by Gasteiger charge is 2.16. The molecule has 2 aromatic heterocycles. The van der Waals surface area contributed by atoms with Crippen molar-refractivity contribution in [3.63, 3.8) is 0 Å². The van der Waals surface area contributed by atoms with Gasteiger partial charge in [-0.25, -0.2) is 4.79 Å². The molecule has 112 valence electrons. The number of carboxylic acid groups (broad SMARTS) is 1. The minimum absolute atomic E-state index is 0.0988. The van der Waals surface area contributed by atoms with Crippen LogP contribution in [0.4, 0.5) is 0 Å². The first-order valence-electron chi connectivity index (χ1n) is 6.45. The second kappa shape index (κ2) is 5.36. The van der Waals surface area contributed by atoms with Crippen LogP contribution in [0.2, 0.25) is 0 Å². The van der Waals surface area contributed by atoms with Crippen LogP contribution in [-0.4, -0.2) is 39.9 Å². The van der Waals surface area contributed by atoms with Gasteiger partial charge in [-0.15, -0.1) is 10.2 Å². The lowest BCUT2D eigenvalue weighted by Crippen LogP contribution is -2.00. The summed E-state index contributed by atoms with van der Waals surface area (Å²) in [4.78, 5) is 11.2. The van der Waals surface area contributed by atoms with Crippen molar-refractivity contribution in [1.82, 2.24) is 14.6 Å². The SMILES string of the molecule is COc1ccc(-c2nnc3c(C(=O)O)cccn23)cc1OC. The number of methoxy groups -OCH3 is 2. The summed E-state index contributed by atoms with van der Waals surface area (Å²) in [7, 11) is 3.11. The number of ether oxygens (including phenoxy) is 2. The van der Waals surface area contributed by atoms with E-state index in [1.807, 2.05) is 6.07 Å². The number of aromatic nitrogens is 3. The fraction of sp³-hybridized carbons (Fsp3) is 0.133. The van der Waals surface area contributed by atoms with Gasteiger partial charge in [0.25, 0.3) is 0 Å². The number of aromatic carboxylic acids is 1. The van der Waals surface area contributed by atoms with E-state index < -0.39 is 5.97 Å². The average Bonchev–Trinajstić information content (AvgIpc) is 2.97. The van der Waals surface area contributed by atoms with Crippen LogP contribution in [0.5, 0.6) is 11.5 Å². The van der Waals surface area contributed by atoms with E-state index in [1.54, 1.807) is 43.0 Å². The Kier molecular flexibility index (Phi) is 3.38. The third kappa shape index (κ3) is 2.12. The van der Waals surface area contributed by atoms with Crippen molar-refractivity contribution in [2.75, 3.05) is 14.2 Å². The predicted molar refractivity (Wildman–Crippen MR) is 78.5 cm³/mol. The molecule has 1 N–H and O–H groups in total. The fourth-order valence-electron chi connectivity index (χ4n) is 2.26. The first kappa shape index (κ1) is 13.9. The van der Waals surface area contributed by atoms with Crippen LogP contribution in [0.3, 0.4) is 0 Å². The molecular formula is C15H13N3O4. The van der Waals surface area contributed by atoms with Crippen molar-refractivity contribution in [1.29, 1.82) is 0 Å². The first-order chi connectivity index (χ1) is 10.7. The molecule has 0 amide bonds. The highest BCUT2D eigenvalue weighted by molar-refractivity contribution is 5.94. The van der Waals surface area contributed by atoms with Crippen LogP contribution in [0.15, 0.2) is 36.5 Å². The van der Waals surface area contributed by atoms with Gasteiger partial charge in [-0.3, -0.25) is 4.40 Å². The molecule has 7 heteroatoms. The standard InChI is InChI=1S/C15H13N3O4/c1-21-11-6-5-9(8-12(11)22-2)13-16-17-14-10(15(19)20)4-3-7-18(13)14/h3-8H,1-2H3,(H,19,20). The van der Waals surface area contributed by atoms with Crippen LogP contribution in [-0.2, 0) is 0 Å². The minimum atomic E-state index is -1.04. The second-order valence-electron chi connectivity index (χ2n) is 4.51. The van der Waals surface area contributed by atoms with Crippen molar-refractivity contribution >= 4 is 11.6 Å². The molecule has 0 radical (unpaired) electrons. The summed E-state index contributed by atoms with van der Waals surface area (Å²) in [6.45, 7) is 0. The van der Waals surface area contributed by atoms with Gasteiger partial charge in [0, 0.05) is 11.8 Å². The zero-order chi connectivity index (χ0) is 15.7. The third-order valence-electron chi connectivity index (χ3n) is 3.31. The van der Waals surface area contributed by atoms with Crippen LogP contribution in [0, 0.1) is 0 Å². The van der Waals surface area contributed by atoms with E-state index in [0.717, 1.165) is 5.56 Å². The summed E-state index contributed by atoms with van der Waals surface area (Å²) in [5, 5.41) is 17.3. The molecule has 3 rings (SSSR count). The number of hydrogen-bond donors (Lipinski definition) is 1. The maximum atomic E-state index is 11.2. The zero-order valence-corrected chi connectivity index (χ0v) is 12.0. The Balaban J connectivity index is 2.19. The number of carboxylic acids is 1. The molecule has 0 aliphatic heterocycles. The predicted octanol–water partition coefficient (Wildman–Crippen LogP) is 2.11. The van der Waals surface area contributed by atoms with Gasteiger partial charge in [0.15, 0.2) is 23.0 Å². The molecule has 1 aromatic carbocycles. The van der Waals surface area contributed by atoms with Crippen molar-refractivity contribution in [2.24, 2.45) is 0 Å². The van der Waals surface area contributed by atoms with Crippen molar-refractivity contribution in [3.05, 3.63) is 42.1 Å². The molecular weight excluding hydrogens is 286 g/mol. The Morgan fingerprint density at radius 1 is 1.14 bits per heavy atom. The highest BCUT2D eigenvalue weighted by atomic mass is 16.5. The lowest BCUT2D eigenvalue weighted by atomic mass is 10.2. The Hall–Kier alpha value is -3.09. The minimum Gasteiger partial charge on any atom is -0.493 e. The molecule has 0 saturated heterocycles. The summed E-state index contributed by atoms with van der Waals surface area (Å²) in [6.07, 6.45) is 1.72. The van der Waals surface area contributed by atoms with E-state index in [1.165, 1.54) is 6.07 Å². The molecule has 0 unspecified atom stereocenters. The van der Waals surface area contributed by atoms with Gasteiger partial charge in [0.05, 0.1) is 14.2 Å². The smallest absolute Gasteiger partial charge is 0.339 e. The molecule has 0 fully saturated rings. The van der Waals surface area contributed by atoms with Crippen molar-refractivity contribution < 1.29 is 19.4 Å². The maximum absolute atomic E-state index is 11.2. The quantitative estimate of drug-likeness (QED) is 0.794. The topological polar surface area (TPSA) is 86.0 Å². The molecule has 0 aliphatic rings. The molecule has 0 aliphatic carbocycles. The molecule has 7 nitrogen and oxygen atoms in total. The molecule has 0 spiro atoms. The Morgan fingerprint density at radius 2 is 1.91 bits per heavy atom. The number of rotatable bonds is 4. The largest absolute Gasteiger partial charge is 0.493 e. The number of benzene rings is 1. The number of nitrogens with zero attached hydrogens (tertiary/aromatic N) is 3. The molecule has 2 heterocycles. The summed E-state index contributed by atoms with van der Waals surface area (Å²) < 4.78 is 12.1. The van der Waals surface area contributed by atoms with Gasteiger partial charge in [-0.2, -0.15) is 0 Å². The summed E-state index contributed by atoms with van der Waals surface area (Å²) >= 11 is 0. The van der Waals surface area contributed by atoms with Crippen molar-refractivity contribution in [2.45, 2.75) is 0 Å². The van der Waals surface area contributed by atoms with Gasteiger partial charge in [-0.05, 0) is 30.3 Å². The summed E-state index contributed by atoms with van der Waals surface area (Å²) in [5.41, 5.74) is 1.13. The Labute approximate surface area is 125 Å². The molecule has 3 aromatic rings. The number of pyridine rings is 1. The van der Waals surface area contributed by atoms with Gasteiger partial charge >= 0.3 is 5.97 Å². The molecule has 0 saturated carbocycles. The maximum Gasteiger partial charge on any atom is 0.339 e. The van der Waals surface area contributed by atoms with Gasteiger partial charge in [-0.1, -0.05) is 0 Å². The average molecular weight is 299 g/mol. The van der Waals surface area contributed by atoms with Gasteiger partial charge < -0.3 is 14.6 Å². The summed E-state index contributed by atoms with van der Waals surface area (Å²) in [5.74, 6) is 0.647. The van der Waals surface area contributed by atoms with E-state index in [4.69, 9.17) is 9.47 Å². The van der Waals surface area contributed by atoms with E-state index in [9.17, 15) is 9.90 Å². The third-order valence-corrected chi connectivity index (χ3v) is 3.31. The van der Waals surface area contributed by atoms with E-state index in [-0.39, 0.29) is 5.56 Å². The highest BCUT2D eigenvalue weighted by Crippen LogP contribution is 2.31. The number of carbonyl (C=O) groups is 1. The molecule has 22 heavy (non-hydrogen) atoms. The van der Waals surface area contributed by atoms with Crippen LogP contribution in [0.25, 0.3) is 17.0 Å². The van der Waals surface area contributed by atoms with Crippen LogP contribution >= 0.6 is 0 Å². The molecule has 0 atom stereocenters. The zero-order valence-electron chi connectivity index (χ0n) is 12.0. The van der Waals surface area contributed by atoms with E-state index in [2.05, 4.69) is 10.2 Å². The van der Waals surface area contributed by atoms with Crippen LogP contribution in [0.1, 0.15) is 10.4 Å². The molecule has 0 bridgehead atoms. The lowest BCUT2D eigenvalue weighted by Gasteiger charge is -2.08. The Bertz CT molecular complexity index is 857. The number of hydrogen-bond acceptors (Lipinski definition) is 5. The van der Waals surface area contributed by atoms with Crippen molar-refractivity contribution in [3.8, 4) is 22.9 Å². The van der Waals surface area contributed by atoms with E-state index >= 15 is 0 Å². The number of fused-ring (bicyclic) bond motifs is 1. The first-order valence-corrected chi connectivity index (χ1v) is 6.45. The van der Waals surface area contributed by atoms with Crippen LogP contribution < -0.4 is 9.47 Å². The van der Waals surface area contributed by atoms with E-state index in [0.29, 0.717) is 23.0 Å². The normalized spacial score (nSPS) is 10.6. The van der Waals surface area contributed by atoms with Gasteiger partial charge in [0.1, 0.15) is 5.56 Å². The van der Waals surface area contributed by atoms with Gasteiger partial charge in [0.2, 0.25) is 0 Å². The lowest BCUT2D eigenvalue weighted by molar-refractivity contribution is 0.0698. The summed E-state index contributed by atoms with van der Waals surface area (Å²) in [6, 6.07) is 8.47. The Morgan fingerprint density at radius 3 is 2.59 bits per heavy atom. The monoisotopic (exact) mass is 299 g/mol. The fourth-order valence-corrected chi connectivity index (χ4v) is 2.26. The second-order valence-corrected chi connectivity index (χ2v) is 4.51.